The van der Waals surface area contributed by atoms with Crippen molar-refractivity contribution in [1.29, 1.82) is 0 Å². The van der Waals surface area contributed by atoms with E-state index in [0.29, 0.717) is 0 Å². The zero-order valence-electron chi connectivity index (χ0n) is 12.0. The topological polar surface area (TPSA) is 38.7 Å². The third kappa shape index (κ3) is 2.18. The van der Waals surface area contributed by atoms with Crippen molar-refractivity contribution in [3.63, 3.8) is 0 Å². The van der Waals surface area contributed by atoms with E-state index in [2.05, 4.69) is 34.4 Å². The molecule has 0 aliphatic rings. The van der Waals surface area contributed by atoms with Crippen LogP contribution >= 0.6 is 11.3 Å². The van der Waals surface area contributed by atoms with E-state index in [1.807, 2.05) is 36.7 Å². The molecule has 0 amide bonds. The van der Waals surface area contributed by atoms with Gasteiger partial charge in [-0.2, -0.15) is 0 Å². The highest BCUT2D eigenvalue weighted by Crippen LogP contribution is 2.32. The smallest absolute Gasteiger partial charge is 0.143 e. The minimum absolute atomic E-state index is 0.940. The van der Waals surface area contributed by atoms with E-state index in [9.17, 15) is 0 Å². The van der Waals surface area contributed by atoms with E-state index >= 15 is 0 Å². The lowest BCUT2D eigenvalue weighted by atomic mass is 10.1. The molecule has 0 N–H and O–H groups in total. The normalized spacial score (nSPS) is 11.0. The molecule has 0 aliphatic heterocycles. The first-order valence-corrected chi connectivity index (χ1v) is 7.91. The molecule has 0 fully saturated rings. The number of aryl methyl sites for hydroxylation is 1. The quantitative estimate of drug-likeness (QED) is 0.537. The van der Waals surface area contributed by atoms with Crippen LogP contribution in [0.3, 0.4) is 0 Å². The predicted octanol–water partition coefficient (Wildman–Crippen LogP) is 4.73. The minimum atomic E-state index is 0.940. The Morgan fingerprint density at radius 3 is 2.82 bits per heavy atom. The number of fused-ring (bicyclic) bond motifs is 1. The van der Waals surface area contributed by atoms with Crippen molar-refractivity contribution in [2.45, 2.75) is 6.92 Å². The molecule has 22 heavy (non-hydrogen) atoms. The van der Waals surface area contributed by atoms with Crippen LogP contribution in [0, 0.1) is 6.92 Å². The molecule has 0 spiro atoms. The maximum atomic E-state index is 4.78. The molecule has 106 valence electrons. The Hall–Kier alpha value is -2.59. The van der Waals surface area contributed by atoms with Gasteiger partial charge in [-0.15, -0.1) is 11.3 Å². The Labute approximate surface area is 132 Å². The van der Waals surface area contributed by atoms with Gasteiger partial charge in [0, 0.05) is 34.9 Å². The summed E-state index contributed by atoms with van der Waals surface area (Å²) in [4.78, 5) is 13.5. The number of thiazole rings is 1. The molecule has 0 atom stereocenters. The zero-order chi connectivity index (χ0) is 14.9. The van der Waals surface area contributed by atoms with Crippen molar-refractivity contribution < 1.29 is 0 Å². The van der Waals surface area contributed by atoms with Crippen LogP contribution in [0.5, 0.6) is 0 Å². The van der Waals surface area contributed by atoms with E-state index < -0.39 is 0 Å². The highest BCUT2D eigenvalue weighted by Gasteiger charge is 2.12. The summed E-state index contributed by atoms with van der Waals surface area (Å²) in [5.74, 6) is 0. The second-order valence-electron chi connectivity index (χ2n) is 5.11. The molecule has 3 aromatic heterocycles. The lowest BCUT2D eigenvalue weighted by Gasteiger charge is -2.02. The van der Waals surface area contributed by atoms with Gasteiger partial charge in [0.25, 0.3) is 0 Å². The maximum absolute atomic E-state index is 4.78. The number of pyridine rings is 2. The summed E-state index contributed by atoms with van der Waals surface area (Å²) in [6.07, 6.45) is 5.51. The first-order chi connectivity index (χ1) is 10.8. The Morgan fingerprint density at radius 2 is 1.91 bits per heavy atom. The number of nitrogens with zero attached hydrogens (tertiary/aromatic N) is 3. The van der Waals surface area contributed by atoms with Crippen LogP contribution < -0.4 is 0 Å². The Balaban J connectivity index is 1.86. The standard InChI is InChI=1S/C18H13N3S/c1-12-6-8-19-10-15(12)16-11-22-18(21-16)17-14-5-3-2-4-13(14)7-9-20-17/h2-11H,1H3. The molecular weight excluding hydrogens is 290 g/mol. The van der Waals surface area contributed by atoms with Gasteiger partial charge in [-0.3, -0.25) is 9.97 Å². The number of hydrogen-bond acceptors (Lipinski definition) is 4. The van der Waals surface area contributed by atoms with Crippen molar-refractivity contribution in [3.8, 4) is 22.0 Å². The van der Waals surface area contributed by atoms with E-state index in [1.165, 1.54) is 10.9 Å². The van der Waals surface area contributed by atoms with Crippen molar-refractivity contribution >= 4 is 22.1 Å². The molecule has 0 unspecified atom stereocenters. The SMILES string of the molecule is Cc1ccncc1-c1csc(-c2nccc3ccccc23)n1. The van der Waals surface area contributed by atoms with Gasteiger partial charge in [0.1, 0.15) is 10.7 Å². The minimum Gasteiger partial charge on any atom is -0.264 e. The van der Waals surface area contributed by atoms with Crippen molar-refractivity contribution in [1.82, 2.24) is 15.0 Å². The molecule has 1 aromatic carbocycles. The molecule has 3 nitrogen and oxygen atoms in total. The van der Waals surface area contributed by atoms with Crippen LogP contribution in [0.1, 0.15) is 5.56 Å². The summed E-state index contributed by atoms with van der Waals surface area (Å²) in [5, 5.41) is 5.33. The van der Waals surface area contributed by atoms with E-state index in [1.54, 1.807) is 17.5 Å². The van der Waals surface area contributed by atoms with Crippen molar-refractivity contribution in [2.75, 3.05) is 0 Å². The molecule has 0 saturated carbocycles. The average Bonchev–Trinajstić information content (AvgIpc) is 3.04. The number of rotatable bonds is 2. The summed E-state index contributed by atoms with van der Waals surface area (Å²) in [7, 11) is 0. The van der Waals surface area contributed by atoms with Crippen LogP contribution in [0.25, 0.3) is 32.7 Å². The monoisotopic (exact) mass is 303 g/mol. The lowest BCUT2D eigenvalue weighted by molar-refractivity contribution is 1.26. The largest absolute Gasteiger partial charge is 0.264 e. The fourth-order valence-electron chi connectivity index (χ4n) is 2.53. The van der Waals surface area contributed by atoms with E-state index in [4.69, 9.17) is 4.98 Å². The third-order valence-corrected chi connectivity index (χ3v) is 4.54. The second kappa shape index (κ2) is 5.31. The van der Waals surface area contributed by atoms with Crippen LogP contribution in [0.4, 0.5) is 0 Å². The summed E-state index contributed by atoms with van der Waals surface area (Å²) >= 11 is 1.62. The van der Waals surface area contributed by atoms with Crippen molar-refractivity contribution in [2.24, 2.45) is 0 Å². The van der Waals surface area contributed by atoms with Gasteiger partial charge in [-0.1, -0.05) is 24.3 Å². The molecule has 0 saturated heterocycles. The van der Waals surface area contributed by atoms with Crippen LogP contribution in [0.15, 0.2) is 60.4 Å². The summed E-state index contributed by atoms with van der Waals surface area (Å²) < 4.78 is 0. The second-order valence-corrected chi connectivity index (χ2v) is 5.97. The molecule has 4 heteroatoms. The van der Waals surface area contributed by atoms with Gasteiger partial charge in [0.05, 0.1) is 5.69 Å². The summed E-state index contributed by atoms with van der Waals surface area (Å²) in [5.41, 5.74) is 4.15. The zero-order valence-corrected chi connectivity index (χ0v) is 12.8. The Kier molecular flexibility index (Phi) is 3.16. The molecule has 0 aliphatic carbocycles. The highest BCUT2D eigenvalue weighted by atomic mass is 32.1. The molecular formula is C18H13N3S. The van der Waals surface area contributed by atoms with Crippen LogP contribution in [-0.4, -0.2) is 15.0 Å². The average molecular weight is 303 g/mol. The van der Waals surface area contributed by atoms with Gasteiger partial charge < -0.3 is 0 Å². The predicted molar refractivity (Wildman–Crippen MR) is 90.8 cm³/mol. The maximum Gasteiger partial charge on any atom is 0.143 e. The Morgan fingerprint density at radius 1 is 1.00 bits per heavy atom. The highest BCUT2D eigenvalue weighted by molar-refractivity contribution is 7.13. The molecule has 0 bridgehead atoms. The number of hydrogen-bond donors (Lipinski definition) is 0. The number of benzene rings is 1. The summed E-state index contributed by atoms with van der Waals surface area (Å²) in [6.45, 7) is 2.08. The van der Waals surface area contributed by atoms with Gasteiger partial charge in [0.2, 0.25) is 0 Å². The van der Waals surface area contributed by atoms with Gasteiger partial charge >= 0.3 is 0 Å². The molecule has 4 rings (SSSR count). The summed E-state index contributed by atoms with van der Waals surface area (Å²) in [6, 6.07) is 12.3. The van der Waals surface area contributed by atoms with E-state index in [-0.39, 0.29) is 0 Å². The molecule has 0 radical (unpaired) electrons. The third-order valence-electron chi connectivity index (χ3n) is 3.70. The van der Waals surface area contributed by atoms with Gasteiger partial charge in [-0.25, -0.2) is 4.98 Å². The molecule has 4 aromatic rings. The first kappa shape index (κ1) is 13.1. The van der Waals surface area contributed by atoms with E-state index in [0.717, 1.165) is 27.3 Å². The van der Waals surface area contributed by atoms with Gasteiger partial charge in [-0.05, 0) is 30.0 Å². The first-order valence-electron chi connectivity index (χ1n) is 7.03. The Bertz CT molecular complexity index is 954. The van der Waals surface area contributed by atoms with Gasteiger partial charge in [0.15, 0.2) is 0 Å². The van der Waals surface area contributed by atoms with Crippen molar-refractivity contribution in [3.05, 3.63) is 65.9 Å². The molecule has 3 heterocycles. The fraction of sp³-hybridized carbons (Fsp3) is 0.0556. The lowest BCUT2D eigenvalue weighted by Crippen LogP contribution is -1.87. The fourth-order valence-corrected chi connectivity index (χ4v) is 3.36. The van der Waals surface area contributed by atoms with Crippen LogP contribution in [0.2, 0.25) is 0 Å². The number of aromatic nitrogens is 3. The van der Waals surface area contributed by atoms with Crippen LogP contribution in [-0.2, 0) is 0 Å².